The maximum atomic E-state index is 9.11. The lowest BCUT2D eigenvalue weighted by Gasteiger charge is -2.14. The van der Waals surface area contributed by atoms with E-state index in [9.17, 15) is 0 Å². The molecule has 0 radical (unpaired) electrons. The van der Waals surface area contributed by atoms with Gasteiger partial charge >= 0.3 is 0 Å². The van der Waals surface area contributed by atoms with Gasteiger partial charge in [0.15, 0.2) is 0 Å². The molecule has 104 valence electrons. The molecule has 2 unspecified atom stereocenters. The van der Waals surface area contributed by atoms with Crippen molar-refractivity contribution in [3.05, 3.63) is 0 Å². The van der Waals surface area contributed by atoms with Crippen LogP contribution in [0.5, 0.6) is 0 Å². The van der Waals surface area contributed by atoms with E-state index in [0.717, 1.165) is 23.0 Å². The molecule has 0 spiro atoms. The van der Waals surface area contributed by atoms with Crippen LogP contribution < -0.4 is 0 Å². The fourth-order valence-corrected chi connectivity index (χ4v) is 4.47. The number of alkyl halides is 1. The number of hydrogen-bond acceptors (Lipinski definition) is 6. The van der Waals surface area contributed by atoms with Crippen LogP contribution in [0.3, 0.4) is 0 Å². The van der Waals surface area contributed by atoms with E-state index in [-0.39, 0.29) is 30.4 Å². The van der Waals surface area contributed by atoms with Gasteiger partial charge in [0.05, 0.1) is 25.2 Å². The van der Waals surface area contributed by atoms with E-state index in [1.165, 1.54) is 0 Å². The van der Waals surface area contributed by atoms with Crippen molar-refractivity contribution in [1.29, 1.82) is 0 Å². The van der Waals surface area contributed by atoms with E-state index < -0.39 is 0 Å². The number of aliphatic hydroxyl groups excluding tert-OH is 3. The molecule has 0 saturated carbocycles. The normalized spacial score (nSPS) is 14.8. The Morgan fingerprint density at radius 2 is 1.53 bits per heavy atom. The number of halogens is 1. The summed E-state index contributed by atoms with van der Waals surface area (Å²) in [6.45, 7) is 0.497. The zero-order valence-electron chi connectivity index (χ0n) is 9.76. The molecule has 0 heterocycles. The zero-order valence-corrected chi connectivity index (χ0v) is 13.0. The minimum absolute atomic E-state index is 0.110. The quantitative estimate of drug-likeness (QED) is 0.370. The van der Waals surface area contributed by atoms with Crippen molar-refractivity contribution in [2.75, 3.05) is 48.6 Å². The van der Waals surface area contributed by atoms with Crippen LogP contribution in [0.15, 0.2) is 0 Å². The summed E-state index contributed by atoms with van der Waals surface area (Å²) in [6.07, 6.45) is 0. The summed E-state index contributed by atoms with van der Waals surface area (Å²) >= 11 is 11.1. The average Bonchev–Trinajstić information content (AvgIpc) is 2.34. The Balaban J connectivity index is 3.45. The Hall–Kier alpha value is 1.22. The summed E-state index contributed by atoms with van der Waals surface area (Å²) in [4.78, 5) is 0. The maximum Gasteiger partial charge on any atom is 0.0558 e. The lowest BCUT2D eigenvalue weighted by atomic mass is 10.5. The average molecular weight is 321 g/mol. The molecular formula is C10H21ClO3S3. The topological polar surface area (TPSA) is 60.7 Å². The zero-order chi connectivity index (χ0) is 12.9. The van der Waals surface area contributed by atoms with Crippen molar-refractivity contribution in [2.24, 2.45) is 0 Å². The van der Waals surface area contributed by atoms with Gasteiger partial charge < -0.3 is 15.3 Å². The number of aliphatic hydroxyl groups is 3. The lowest BCUT2D eigenvalue weighted by molar-refractivity contribution is 0.299. The molecule has 0 aliphatic rings. The number of thioether (sulfide) groups is 3. The molecule has 0 saturated heterocycles. The summed E-state index contributed by atoms with van der Waals surface area (Å²) in [5, 5.41) is 26.7. The minimum Gasteiger partial charge on any atom is -0.396 e. The fourth-order valence-electron chi connectivity index (χ4n) is 1.02. The van der Waals surface area contributed by atoms with Crippen LogP contribution in [0.1, 0.15) is 0 Å². The summed E-state index contributed by atoms with van der Waals surface area (Å²) < 4.78 is 0. The second-order valence-corrected chi connectivity index (χ2v) is 7.58. The van der Waals surface area contributed by atoms with Crippen LogP contribution in [-0.2, 0) is 0 Å². The van der Waals surface area contributed by atoms with Crippen LogP contribution in [-0.4, -0.2) is 74.5 Å². The highest BCUT2D eigenvalue weighted by Crippen LogP contribution is 2.19. The highest BCUT2D eigenvalue weighted by atomic mass is 35.5. The molecule has 0 bridgehead atoms. The summed E-state index contributed by atoms with van der Waals surface area (Å²) in [6, 6.07) is 0. The van der Waals surface area contributed by atoms with E-state index in [0.29, 0.717) is 5.75 Å². The highest BCUT2D eigenvalue weighted by molar-refractivity contribution is 8.03. The first-order chi connectivity index (χ1) is 8.24. The van der Waals surface area contributed by atoms with Gasteiger partial charge in [-0.1, -0.05) is 0 Å². The van der Waals surface area contributed by atoms with E-state index in [1.54, 1.807) is 35.3 Å². The van der Waals surface area contributed by atoms with Gasteiger partial charge in [-0.25, -0.2) is 0 Å². The van der Waals surface area contributed by atoms with Crippen molar-refractivity contribution < 1.29 is 15.3 Å². The Morgan fingerprint density at radius 3 is 2.12 bits per heavy atom. The summed E-state index contributed by atoms with van der Waals surface area (Å²) in [5.41, 5.74) is 0. The van der Waals surface area contributed by atoms with E-state index in [2.05, 4.69) is 0 Å². The van der Waals surface area contributed by atoms with Gasteiger partial charge in [0.2, 0.25) is 0 Å². The summed E-state index contributed by atoms with van der Waals surface area (Å²) in [7, 11) is 0. The van der Waals surface area contributed by atoms with E-state index in [1.807, 2.05) is 0 Å². The Labute approximate surface area is 121 Å². The third-order valence-corrected chi connectivity index (χ3v) is 6.26. The smallest absolute Gasteiger partial charge is 0.0558 e. The van der Waals surface area contributed by atoms with Crippen molar-refractivity contribution >= 4 is 46.9 Å². The molecule has 17 heavy (non-hydrogen) atoms. The summed E-state index contributed by atoms with van der Waals surface area (Å²) in [5.74, 6) is 3.97. The van der Waals surface area contributed by atoms with Crippen molar-refractivity contribution in [3.63, 3.8) is 0 Å². The lowest BCUT2D eigenvalue weighted by Crippen LogP contribution is -2.15. The molecule has 7 heteroatoms. The van der Waals surface area contributed by atoms with Crippen LogP contribution >= 0.6 is 46.9 Å². The van der Waals surface area contributed by atoms with Crippen LogP contribution in [0.2, 0.25) is 0 Å². The van der Waals surface area contributed by atoms with Gasteiger partial charge in [0.1, 0.15) is 0 Å². The molecule has 0 aliphatic heterocycles. The Morgan fingerprint density at radius 1 is 0.882 bits per heavy atom. The molecule has 0 fully saturated rings. The molecule has 2 atom stereocenters. The third-order valence-electron chi connectivity index (χ3n) is 1.79. The standard InChI is InChI=1S/C10H21ClO3S3/c11-9(6-15-3-1-12)7-16-8-10(5-14)17-4-2-13/h9-10,12-14H,1-8H2. The van der Waals surface area contributed by atoms with Gasteiger partial charge in [-0.05, 0) is 0 Å². The predicted octanol–water partition coefficient (Wildman–Crippen LogP) is 1.14. The second-order valence-electron chi connectivity index (χ2n) is 3.33. The molecule has 3 N–H and O–H groups in total. The maximum absolute atomic E-state index is 9.11. The van der Waals surface area contributed by atoms with Crippen molar-refractivity contribution in [2.45, 2.75) is 10.6 Å². The SMILES string of the molecule is OCCSCC(Cl)CSCC(CO)SCCO. The van der Waals surface area contributed by atoms with E-state index in [4.69, 9.17) is 26.9 Å². The molecule has 0 aromatic heterocycles. The first kappa shape index (κ1) is 18.2. The van der Waals surface area contributed by atoms with Gasteiger partial charge in [-0.2, -0.15) is 35.3 Å². The Kier molecular flexibility index (Phi) is 14.6. The first-order valence-corrected chi connectivity index (χ1v) is 9.27. The first-order valence-electron chi connectivity index (χ1n) is 5.48. The second kappa shape index (κ2) is 13.6. The molecule has 0 amide bonds. The van der Waals surface area contributed by atoms with Crippen LogP contribution in [0.4, 0.5) is 0 Å². The van der Waals surface area contributed by atoms with Crippen molar-refractivity contribution in [3.8, 4) is 0 Å². The van der Waals surface area contributed by atoms with E-state index >= 15 is 0 Å². The molecular weight excluding hydrogens is 300 g/mol. The van der Waals surface area contributed by atoms with Gasteiger partial charge in [0, 0.05) is 34.0 Å². The van der Waals surface area contributed by atoms with Gasteiger partial charge in [0.25, 0.3) is 0 Å². The molecule has 0 aromatic carbocycles. The van der Waals surface area contributed by atoms with Gasteiger partial charge in [-0.3, -0.25) is 0 Å². The largest absolute Gasteiger partial charge is 0.396 e. The monoisotopic (exact) mass is 320 g/mol. The highest BCUT2D eigenvalue weighted by Gasteiger charge is 2.10. The van der Waals surface area contributed by atoms with Crippen LogP contribution in [0.25, 0.3) is 0 Å². The fraction of sp³-hybridized carbons (Fsp3) is 1.00. The van der Waals surface area contributed by atoms with Crippen molar-refractivity contribution in [1.82, 2.24) is 0 Å². The molecule has 3 nitrogen and oxygen atoms in total. The molecule has 0 aromatic rings. The predicted molar refractivity (Wildman–Crippen MR) is 81.8 cm³/mol. The third kappa shape index (κ3) is 12.0. The number of hydrogen-bond donors (Lipinski definition) is 3. The van der Waals surface area contributed by atoms with Gasteiger partial charge in [-0.15, -0.1) is 11.6 Å². The molecule has 0 rings (SSSR count). The minimum atomic E-state index is 0.110. The number of rotatable bonds is 12. The molecule has 0 aliphatic carbocycles. The van der Waals surface area contributed by atoms with Crippen LogP contribution in [0, 0.1) is 0 Å². The Bertz CT molecular complexity index is 166.